The largest absolute Gasteiger partial charge is 0.384 e. The number of hydrogen-bond acceptors (Lipinski definition) is 3. The van der Waals surface area contributed by atoms with Gasteiger partial charge in [-0.1, -0.05) is 25.7 Å². The van der Waals surface area contributed by atoms with Crippen LogP contribution >= 0.6 is 0 Å². The Morgan fingerprint density at radius 3 is 2.50 bits per heavy atom. The zero-order valence-electron chi connectivity index (χ0n) is 12.6. The predicted octanol–water partition coefficient (Wildman–Crippen LogP) is 1.93. The van der Waals surface area contributed by atoms with Crippen LogP contribution in [0.15, 0.2) is 18.3 Å². The molecule has 0 saturated heterocycles. The van der Waals surface area contributed by atoms with Crippen LogP contribution in [0.2, 0.25) is 0 Å². The monoisotopic (exact) mass is 274 g/mol. The van der Waals surface area contributed by atoms with Crippen molar-refractivity contribution in [2.24, 2.45) is 5.92 Å². The number of carbonyl (C=O) groups is 1. The number of hydrogen-bond donors (Lipinski definition) is 1. The first-order valence-corrected chi connectivity index (χ1v) is 6.82. The van der Waals surface area contributed by atoms with E-state index in [4.69, 9.17) is 5.11 Å². The van der Waals surface area contributed by atoms with Gasteiger partial charge in [-0.2, -0.15) is 0 Å². The molecule has 0 aliphatic carbocycles. The molecule has 20 heavy (non-hydrogen) atoms. The third kappa shape index (κ3) is 4.67. The molecule has 1 rings (SSSR count). The first-order valence-electron chi connectivity index (χ1n) is 6.82. The minimum Gasteiger partial charge on any atom is -0.384 e. The molecule has 4 heteroatoms. The van der Waals surface area contributed by atoms with E-state index in [0.717, 1.165) is 0 Å². The molecule has 1 aromatic heterocycles. The summed E-state index contributed by atoms with van der Waals surface area (Å²) in [4.78, 5) is 18.4. The highest BCUT2D eigenvalue weighted by Gasteiger charge is 2.20. The van der Waals surface area contributed by atoms with Gasteiger partial charge in [0.05, 0.1) is 0 Å². The molecule has 0 fully saturated rings. The first kappa shape index (κ1) is 16.2. The molecular formula is C16H22N2O2. The second kappa shape index (κ2) is 7.66. The molecule has 1 aromatic rings. The highest BCUT2D eigenvalue weighted by molar-refractivity contribution is 5.92. The third-order valence-corrected chi connectivity index (χ3v) is 2.74. The van der Waals surface area contributed by atoms with E-state index in [1.807, 2.05) is 18.7 Å². The van der Waals surface area contributed by atoms with Crippen molar-refractivity contribution in [3.63, 3.8) is 0 Å². The first-order chi connectivity index (χ1) is 9.45. The van der Waals surface area contributed by atoms with Gasteiger partial charge in [0.15, 0.2) is 0 Å². The molecule has 0 unspecified atom stereocenters. The van der Waals surface area contributed by atoms with Gasteiger partial charge >= 0.3 is 0 Å². The molecule has 0 atom stereocenters. The van der Waals surface area contributed by atoms with E-state index in [0.29, 0.717) is 23.7 Å². The zero-order valence-corrected chi connectivity index (χ0v) is 12.6. The lowest BCUT2D eigenvalue weighted by molar-refractivity contribution is 0.0676. The highest BCUT2D eigenvalue weighted by atomic mass is 16.2. The van der Waals surface area contributed by atoms with Crippen LogP contribution < -0.4 is 0 Å². The number of aromatic nitrogens is 1. The normalized spacial score (nSPS) is 10.3. The van der Waals surface area contributed by atoms with Crippen LogP contribution in [0, 0.1) is 17.8 Å². The molecule has 1 N–H and O–H groups in total. The zero-order chi connectivity index (χ0) is 15.1. The smallest absolute Gasteiger partial charge is 0.272 e. The summed E-state index contributed by atoms with van der Waals surface area (Å²) in [6.45, 7) is 8.70. The maximum absolute atomic E-state index is 12.4. The predicted molar refractivity (Wildman–Crippen MR) is 79.2 cm³/mol. The Labute approximate surface area is 120 Å². The van der Waals surface area contributed by atoms with Crippen LogP contribution in [-0.4, -0.2) is 40.1 Å². The van der Waals surface area contributed by atoms with E-state index >= 15 is 0 Å². The van der Waals surface area contributed by atoms with E-state index in [2.05, 4.69) is 30.7 Å². The van der Waals surface area contributed by atoms with E-state index in [-0.39, 0.29) is 18.6 Å². The molecule has 1 heterocycles. The van der Waals surface area contributed by atoms with Crippen LogP contribution in [0.5, 0.6) is 0 Å². The summed E-state index contributed by atoms with van der Waals surface area (Å²) >= 11 is 0. The highest BCUT2D eigenvalue weighted by Crippen LogP contribution is 2.10. The Balaban J connectivity index is 2.89. The van der Waals surface area contributed by atoms with Crippen LogP contribution in [0.3, 0.4) is 0 Å². The minimum absolute atomic E-state index is 0.0598. The Hall–Kier alpha value is -1.86. The Kier molecular flexibility index (Phi) is 6.20. The summed E-state index contributed by atoms with van der Waals surface area (Å²) in [6, 6.07) is 3.57. The average Bonchev–Trinajstić information content (AvgIpc) is 2.42. The topological polar surface area (TPSA) is 53.4 Å². The minimum atomic E-state index is -0.184. The average molecular weight is 274 g/mol. The third-order valence-electron chi connectivity index (χ3n) is 2.74. The van der Waals surface area contributed by atoms with Gasteiger partial charge in [0.25, 0.3) is 5.91 Å². The maximum atomic E-state index is 12.4. The van der Waals surface area contributed by atoms with Gasteiger partial charge in [-0.05, 0) is 31.9 Å². The molecule has 0 aromatic carbocycles. The van der Waals surface area contributed by atoms with Crippen molar-refractivity contribution in [3.8, 4) is 11.8 Å². The number of rotatable bonds is 4. The molecule has 0 aliphatic heterocycles. The lowest BCUT2D eigenvalue weighted by Crippen LogP contribution is -2.39. The molecular weight excluding hydrogens is 252 g/mol. The molecule has 4 nitrogen and oxygen atoms in total. The van der Waals surface area contributed by atoms with E-state index in [1.54, 1.807) is 18.3 Å². The molecule has 0 bridgehead atoms. The molecule has 0 radical (unpaired) electrons. The van der Waals surface area contributed by atoms with Gasteiger partial charge in [-0.25, -0.2) is 4.98 Å². The van der Waals surface area contributed by atoms with Crippen molar-refractivity contribution in [1.29, 1.82) is 0 Å². The molecule has 0 aliphatic rings. The summed E-state index contributed by atoms with van der Waals surface area (Å²) in [5, 5.41) is 8.63. The van der Waals surface area contributed by atoms with Crippen molar-refractivity contribution < 1.29 is 9.90 Å². The number of aliphatic hydroxyl groups is 1. The lowest BCUT2D eigenvalue weighted by atomic mass is 10.1. The fourth-order valence-electron chi connectivity index (χ4n) is 1.80. The van der Waals surface area contributed by atoms with Gasteiger partial charge in [-0.15, -0.1) is 0 Å². The van der Waals surface area contributed by atoms with Crippen LogP contribution in [0.4, 0.5) is 0 Å². The summed E-state index contributed by atoms with van der Waals surface area (Å²) < 4.78 is 0. The van der Waals surface area contributed by atoms with E-state index < -0.39 is 0 Å². The van der Waals surface area contributed by atoms with Crippen molar-refractivity contribution in [1.82, 2.24) is 9.88 Å². The van der Waals surface area contributed by atoms with E-state index in [1.165, 1.54) is 0 Å². The van der Waals surface area contributed by atoms with Crippen molar-refractivity contribution in [2.75, 3.05) is 13.2 Å². The van der Waals surface area contributed by atoms with Gasteiger partial charge in [0, 0.05) is 24.3 Å². The number of nitrogens with zero attached hydrogens (tertiary/aromatic N) is 2. The van der Waals surface area contributed by atoms with Crippen molar-refractivity contribution in [3.05, 3.63) is 29.6 Å². The summed E-state index contributed by atoms with van der Waals surface area (Å²) in [7, 11) is 0. The van der Waals surface area contributed by atoms with Gasteiger partial charge in [-0.3, -0.25) is 4.79 Å². The molecule has 108 valence electrons. The van der Waals surface area contributed by atoms with E-state index in [9.17, 15) is 4.79 Å². The van der Waals surface area contributed by atoms with Gasteiger partial charge in [0.1, 0.15) is 12.3 Å². The SMILES string of the molecule is CC(C)CN(C(=O)c1ccc(C#CCO)cn1)C(C)C. The number of amides is 1. The van der Waals surface area contributed by atoms with Crippen LogP contribution in [0.25, 0.3) is 0 Å². The second-order valence-electron chi connectivity index (χ2n) is 5.34. The van der Waals surface area contributed by atoms with Crippen LogP contribution in [0.1, 0.15) is 43.7 Å². The maximum Gasteiger partial charge on any atom is 0.272 e. The lowest BCUT2D eigenvalue weighted by Gasteiger charge is -2.28. The Morgan fingerprint density at radius 1 is 1.35 bits per heavy atom. The summed E-state index contributed by atoms with van der Waals surface area (Å²) in [5.41, 5.74) is 1.12. The van der Waals surface area contributed by atoms with Gasteiger partial charge in [0.2, 0.25) is 0 Å². The molecule has 1 amide bonds. The fraction of sp³-hybridized carbons (Fsp3) is 0.500. The quantitative estimate of drug-likeness (QED) is 0.854. The number of pyridine rings is 1. The second-order valence-corrected chi connectivity index (χ2v) is 5.34. The Bertz CT molecular complexity index is 495. The van der Waals surface area contributed by atoms with Crippen molar-refractivity contribution in [2.45, 2.75) is 33.7 Å². The number of aliphatic hydroxyl groups excluding tert-OH is 1. The summed E-state index contributed by atoms with van der Waals surface area (Å²) in [6.07, 6.45) is 1.56. The summed E-state index contributed by atoms with van der Waals surface area (Å²) in [5.74, 6) is 5.66. The Morgan fingerprint density at radius 2 is 2.05 bits per heavy atom. The van der Waals surface area contributed by atoms with Gasteiger partial charge < -0.3 is 10.0 Å². The molecule has 0 saturated carbocycles. The van der Waals surface area contributed by atoms with Crippen LogP contribution in [-0.2, 0) is 0 Å². The molecule has 0 spiro atoms. The fourth-order valence-corrected chi connectivity index (χ4v) is 1.80. The standard InChI is InChI=1S/C16H22N2O2/c1-12(2)11-18(13(3)4)16(20)15-8-7-14(10-17-15)6-5-9-19/h7-8,10,12-13,19H,9,11H2,1-4H3. The number of carbonyl (C=O) groups excluding carboxylic acids is 1. The van der Waals surface area contributed by atoms with Crippen molar-refractivity contribution >= 4 is 5.91 Å².